The molecule has 0 heterocycles. The van der Waals surface area contributed by atoms with Crippen LogP contribution in [0.4, 0.5) is 0 Å². The second-order valence-electron chi connectivity index (χ2n) is 9.58. The molecule has 0 atom stereocenters. The summed E-state index contributed by atoms with van der Waals surface area (Å²) < 4.78 is -0.940. The van der Waals surface area contributed by atoms with E-state index in [-0.39, 0.29) is 0 Å². The minimum absolute atomic E-state index is 0.940. The van der Waals surface area contributed by atoms with Crippen LogP contribution in [0, 0.1) is 0 Å². The summed E-state index contributed by atoms with van der Waals surface area (Å²) in [4.78, 5) is 0. The zero-order valence-electron chi connectivity index (χ0n) is 21.1. The first kappa shape index (κ1) is 26.2. The molecule has 0 radical (unpaired) electrons. The van der Waals surface area contributed by atoms with Crippen molar-refractivity contribution in [1.29, 1.82) is 0 Å². The van der Waals surface area contributed by atoms with E-state index in [0.717, 1.165) is 50.1 Å². The van der Waals surface area contributed by atoms with E-state index in [0.29, 0.717) is 0 Å². The van der Waals surface area contributed by atoms with E-state index in [1.54, 1.807) is 0 Å². The first-order valence-electron chi connectivity index (χ1n) is 12.9. The van der Waals surface area contributed by atoms with E-state index in [9.17, 15) is 0 Å². The van der Waals surface area contributed by atoms with Crippen molar-refractivity contribution < 1.29 is 0 Å². The topological polar surface area (TPSA) is 0 Å². The third-order valence-electron chi connectivity index (χ3n) is 7.38. The molecule has 0 spiro atoms. The monoisotopic (exact) mass is 624 g/mol. The van der Waals surface area contributed by atoms with E-state index < -0.39 is 14.7 Å². The van der Waals surface area contributed by atoms with Gasteiger partial charge in [0.1, 0.15) is 0 Å². The summed E-state index contributed by atoms with van der Waals surface area (Å²) in [6, 6.07) is 52.3. The molecule has 39 heavy (non-hydrogen) atoms. The molecule has 4 heteroatoms. The fourth-order valence-corrected chi connectivity index (χ4v) is 13.9. The molecule has 5 aromatic rings. The van der Waals surface area contributed by atoms with Crippen LogP contribution in [0.2, 0.25) is 0 Å². The number of hydrogen-bond donors (Lipinski definition) is 0. The van der Waals surface area contributed by atoms with Crippen molar-refractivity contribution in [3.05, 3.63) is 179 Å². The summed E-state index contributed by atoms with van der Waals surface area (Å²) in [7, 11) is 18.1. The first-order valence-corrected chi connectivity index (χ1v) is 22.2. The molecule has 1 aliphatic carbocycles. The van der Waals surface area contributed by atoms with E-state index in [2.05, 4.69) is 109 Å². The Kier molecular flexibility index (Phi) is 7.31. The van der Waals surface area contributed by atoms with Gasteiger partial charge in [0.2, 0.25) is 0 Å². The van der Waals surface area contributed by atoms with Crippen molar-refractivity contribution in [2.45, 2.75) is 4.25 Å². The summed E-state index contributed by atoms with van der Waals surface area (Å²) in [5.74, 6) is 0. The number of rotatable bonds is 6. The minimum atomic E-state index is -4.32. The van der Waals surface area contributed by atoms with Crippen molar-refractivity contribution in [3.63, 3.8) is 0 Å². The van der Waals surface area contributed by atoms with Crippen LogP contribution < -0.4 is 0 Å². The molecule has 6 rings (SSSR count). The molecular weight excluding hydrogens is 599 g/mol. The number of hydrogen-bond acceptors (Lipinski definition) is 0. The van der Waals surface area contributed by atoms with Gasteiger partial charge >= 0.3 is 247 Å². The Morgan fingerprint density at radius 1 is 0.359 bits per heavy atom. The second kappa shape index (κ2) is 10.9. The Morgan fingerprint density at radius 3 is 0.949 bits per heavy atom. The van der Waals surface area contributed by atoms with Gasteiger partial charge < -0.3 is 0 Å². The van der Waals surface area contributed by atoms with Crippen LogP contribution in [0.25, 0.3) is 22.3 Å². The fourth-order valence-electron chi connectivity index (χ4n) is 5.89. The third-order valence-corrected chi connectivity index (χ3v) is 15.2. The van der Waals surface area contributed by atoms with Crippen LogP contribution in [0.1, 0.15) is 27.8 Å². The summed E-state index contributed by atoms with van der Waals surface area (Å²) >= 11 is 0. The molecule has 190 valence electrons. The van der Waals surface area contributed by atoms with Gasteiger partial charge in [0, 0.05) is 0 Å². The Balaban J connectivity index is 1.91. The molecular formula is C35H25Cl3Ge. The molecule has 0 aromatic heterocycles. The van der Waals surface area contributed by atoms with E-state index in [4.69, 9.17) is 30.0 Å². The maximum absolute atomic E-state index is 7.48. The summed E-state index contributed by atoms with van der Waals surface area (Å²) in [6.07, 6.45) is 0. The number of benzene rings is 5. The van der Waals surface area contributed by atoms with Crippen molar-refractivity contribution in [1.82, 2.24) is 0 Å². The van der Waals surface area contributed by atoms with Crippen LogP contribution in [0.5, 0.6) is 0 Å². The molecule has 0 amide bonds. The molecule has 0 nitrogen and oxygen atoms in total. The summed E-state index contributed by atoms with van der Waals surface area (Å²) in [5.41, 5.74) is 9.61. The number of allylic oxidation sites excluding steroid dienone is 4. The summed E-state index contributed by atoms with van der Waals surface area (Å²) in [5, 5.41) is 0. The average Bonchev–Trinajstić information content (AvgIpc) is 3.33. The maximum atomic E-state index is 7.48. The van der Waals surface area contributed by atoms with Crippen molar-refractivity contribution in [2.24, 2.45) is 0 Å². The Labute approximate surface area is 245 Å². The van der Waals surface area contributed by atoms with Gasteiger partial charge in [-0.1, -0.05) is 0 Å². The van der Waals surface area contributed by atoms with E-state index in [1.165, 1.54) is 0 Å². The van der Waals surface area contributed by atoms with Crippen LogP contribution in [-0.4, -0.2) is 10.5 Å². The van der Waals surface area contributed by atoms with Crippen molar-refractivity contribution in [2.75, 3.05) is 0 Å². The molecule has 0 aliphatic heterocycles. The zero-order chi connectivity index (χ0) is 26.9. The van der Waals surface area contributed by atoms with E-state index >= 15 is 0 Å². The molecule has 0 unspecified atom stereocenters. The number of halogens is 3. The second-order valence-corrected chi connectivity index (χ2v) is 25.1. The van der Waals surface area contributed by atoms with E-state index in [1.807, 2.05) is 42.5 Å². The fraction of sp³-hybridized carbons (Fsp3) is 0.0286. The normalized spacial score (nSPS) is 15.1. The Morgan fingerprint density at radius 2 is 0.641 bits per heavy atom. The predicted molar refractivity (Wildman–Crippen MR) is 171 cm³/mol. The first-order chi connectivity index (χ1) is 19.0. The molecule has 0 saturated carbocycles. The van der Waals surface area contributed by atoms with Crippen LogP contribution in [0.15, 0.2) is 152 Å². The molecule has 1 aliphatic rings. The zero-order valence-corrected chi connectivity index (χ0v) is 25.4. The Bertz CT molecular complexity index is 1540. The van der Waals surface area contributed by atoms with Gasteiger partial charge in [0.15, 0.2) is 0 Å². The van der Waals surface area contributed by atoms with Crippen molar-refractivity contribution in [3.8, 4) is 0 Å². The predicted octanol–water partition coefficient (Wildman–Crippen LogP) is 10.4. The van der Waals surface area contributed by atoms with Gasteiger partial charge in [-0.05, 0) is 0 Å². The molecule has 5 aromatic carbocycles. The van der Waals surface area contributed by atoms with Gasteiger partial charge in [0.05, 0.1) is 0 Å². The van der Waals surface area contributed by atoms with Gasteiger partial charge in [-0.2, -0.15) is 0 Å². The molecule has 0 saturated heterocycles. The molecule has 0 N–H and O–H groups in total. The third kappa shape index (κ3) is 4.50. The van der Waals surface area contributed by atoms with Crippen LogP contribution in [-0.2, 0) is 4.25 Å². The average molecular weight is 625 g/mol. The van der Waals surface area contributed by atoms with Gasteiger partial charge in [-0.25, -0.2) is 0 Å². The SMILES string of the molecule is [Cl][Ge]([Cl])([Cl])[C]1(c2ccccc2)C(c2ccccc2)=C(c2ccccc2)C(c2ccccc2)=C1c1ccccc1. The quantitative estimate of drug-likeness (QED) is 0.165. The standard InChI is InChI=1S/C35H25Cl3Ge/c36-39(37,38)35(30-24-14-5-15-25-30)33(28-20-10-3-11-21-28)31(26-16-6-1-7-17-26)32(27-18-8-2-9-19-27)34(35)29-22-12-4-13-23-29/h1-25H. The van der Waals surface area contributed by atoms with Gasteiger partial charge in [0.25, 0.3) is 0 Å². The van der Waals surface area contributed by atoms with Gasteiger partial charge in [-0.3, -0.25) is 0 Å². The summed E-state index contributed by atoms with van der Waals surface area (Å²) in [6.45, 7) is 0. The van der Waals surface area contributed by atoms with Crippen LogP contribution in [0.3, 0.4) is 0 Å². The molecule has 0 bridgehead atoms. The molecule has 0 fully saturated rings. The van der Waals surface area contributed by atoms with Crippen LogP contribution >= 0.6 is 30.0 Å². The van der Waals surface area contributed by atoms with Gasteiger partial charge in [-0.15, -0.1) is 0 Å². The van der Waals surface area contributed by atoms with Crippen molar-refractivity contribution >= 4 is 62.8 Å². The Hall–Kier alpha value is -3.01.